The summed E-state index contributed by atoms with van der Waals surface area (Å²) >= 11 is -2.75. The van der Waals surface area contributed by atoms with Crippen LogP contribution in [0.2, 0.25) is 0 Å². The van der Waals surface area contributed by atoms with Crippen molar-refractivity contribution >= 4 is 41.6 Å². The number of carbonyl (C=O) groups is 3. The molecule has 2 N–H and O–H groups in total. The van der Waals surface area contributed by atoms with Crippen molar-refractivity contribution in [1.82, 2.24) is 10.6 Å². The SMILES string of the molecule is C=CC(=O)OCCNCOCOCC(F)(F)C(F)(F)C(F)(F)OC(F)C(F)(F)SCCSC(F)(F)C(F)OC(F)(F)C(F)(F)C(F)(F)COC(=O)NCCOC(=O)C=C. The van der Waals surface area contributed by atoms with Crippen LogP contribution in [-0.2, 0) is 42.7 Å². The Morgan fingerprint density at radius 3 is 1.42 bits per heavy atom. The molecule has 0 saturated heterocycles. The Balaban J connectivity index is 5.11. The third kappa shape index (κ3) is 17.4. The summed E-state index contributed by atoms with van der Waals surface area (Å²) in [5.41, 5.74) is 0. The Hall–Kier alpha value is -3.07. The molecule has 0 spiro atoms. The monoisotopic (exact) mass is 948 g/mol. The molecular weight excluding hydrogens is 918 g/mol. The molecular formula is C27H30F18N2O10S2. The first-order chi connectivity index (χ1) is 26.8. The van der Waals surface area contributed by atoms with Crippen molar-refractivity contribution in [3.63, 3.8) is 0 Å². The normalized spacial score (nSPS) is 14.6. The first kappa shape index (κ1) is 55.9. The van der Waals surface area contributed by atoms with E-state index in [1.165, 1.54) is 5.32 Å². The van der Waals surface area contributed by atoms with Gasteiger partial charge in [0.15, 0.2) is 6.61 Å². The molecule has 2 unspecified atom stereocenters. The molecule has 0 radical (unpaired) electrons. The maximum Gasteiger partial charge on any atom is 0.428 e. The highest BCUT2D eigenvalue weighted by Crippen LogP contribution is 2.51. The fraction of sp³-hybridized carbons (Fsp3) is 0.741. The molecule has 59 heavy (non-hydrogen) atoms. The number of halogens is 18. The lowest BCUT2D eigenvalue weighted by Crippen LogP contribution is -2.59. The van der Waals surface area contributed by atoms with Gasteiger partial charge in [-0.05, 0) is 0 Å². The van der Waals surface area contributed by atoms with Gasteiger partial charge in [-0.3, -0.25) is 14.8 Å². The van der Waals surface area contributed by atoms with Crippen LogP contribution in [0.1, 0.15) is 0 Å². The van der Waals surface area contributed by atoms with Crippen molar-refractivity contribution in [3.8, 4) is 0 Å². The van der Waals surface area contributed by atoms with Gasteiger partial charge in [-0.1, -0.05) is 36.7 Å². The number of hydrogen-bond donors (Lipinski definition) is 2. The fourth-order valence-electron chi connectivity index (χ4n) is 2.91. The summed E-state index contributed by atoms with van der Waals surface area (Å²) in [6, 6.07) is 0. The van der Waals surface area contributed by atoms with Gasteiger partial charge in [0.05, 0.1) is 13.3 Å². The first-order valence-corrected chi connectivity index (χ1v) is 17.0. The summed E-state index contributed by atoms with van der Waals surface area (Å²) in [7, 11) is 0. The Bertz CT molecular complexity index is 1370. The van der Waals surface area contributed by atoms with Crippen molar-refractivity contribution < 1.29 is 127 Å². The minimum Gasteiger partial charge on any atom is -0.461 e. The predicted octanol–water partition coefficient (Wildman–Crippen LogP) is 6.71. The van der Waals surface area contributed by atoms with Crippen LogP contribution in [0, 0.1) is 0 Å². The van der Waals surface area contributed by atoms with Crippen LogP contribution in [0.25, 0.3) is 0 Å². The Kier molecular flexibility index (Phi) is 22.0. The smallest absolute Gasteiger partial charge is 0.428 e. The van der Waals surface area contributed by atoms with Crippen LogP contribution in [0.5, 0.6) is 0 Å². The number of alkyl carbamates (subject to hydrolysis) is 1. The molecule has 0 saturated carbocycles. The number of ether oxygens (including phenoxy) is 7. The Morgan fingerprint density at radius 2 is 1.00 bits per heavy atom. The zero-order valence-electron chi connectivity index (χ0n) is 29.0. The maximum absolute atomic E-state index is 14.0. The molecule has 0 aromatic rings. The number of hydrogen-bond acceptors (Lipinski definition) is 13. The fourth-order valence-corrected chi connectivity index (χ4v) is 4.48. The molecule has 2 atom stereocenters. The maximum atomic E-state index is 14.0. The molecule has 12 nitrogen and oxygen atoms in total. The number of esters is 2. The lowest BCUT2D eigenvalue weighted by molar-refractivity contribution is -0.430. The third-order valence-corrected chi connectivity index (χ3v) is 8.08. The average molecular weight is 949 g/mol. The summed E-state index contributed by atoms with van der Waals surface area (Å²) in [5.74, 6) is -31.2. The van der Waals surface area contributed by atoms with Crippen molar-refractivity contribution in [2.24, 2.45) is 0 Å². The highest BCUT2D eigenvalue weighted by molar-refractivity contribution is 8.04. The van der Waals surface area contributed by atoms with Gasteiger partial charge in [0.25, 0.3) is 12.7 Å². The van der Waals surface area contributed by atoms with Crippen molar-refractivity contribution in [1.29, 1.82) is 0 Å². The first-order valence-electron chi connectivity index (χ1n) is 15.1. The highest BCUT2D eigenvalue weighted by atomic mass is 32.2. The van der Waals surface area contributed by atoms with Crippen LogP contribution >= 0.6 is 23.5 Å². The van der Waals surface area contributed by atoms with Crippen LogP contribution in [0.15, 0.2) is 25.3 Å². The van der Waals surface area contributed by atoms with E-state index in [9.17, 15) is 93.4 Å². The minimum absolute atomic E-state index is 0.105. The van der Waals surface area contributed by atoms with Gasteiger partial charge in [-0.15, -0.1) is 0 Å². The summed E-state index contributed by atoms with van der Waals surface area (Å²) < 4.78 is 276. The predicted molar refractivity (Wildman–Crippen MR) is 163 cm³/mol. The molecule has 0 aromatic carbocycles. The Morgan fingerprint density at radius 1 is 0.593 bits per heavy atom. The van der Waals surface area contributed by atoms with E-state index in [4.69, 9.17) is 0 Å². The second-order valence-corrected chi connectivity index (χ2v) is 12.8. The second-order valence-electron chi connectivity index (χ2n) is 10.3. The van der Waals surface area contributed by atoms with Gasteiger partial charge in [0.1, 0.15) is 26.6 Å². The molecule has 0 heterocycles. The zero-order valence-corrected chi connectivity index (χ0v) is 30.6. The van der Waals surface area contributed by atoms with Gasteiger partial charge in [0.2, 0.25) is 0 Å². The largest absolute Gasteiger partial charge is 0.461 e. The number of thioether (sulfide) groups is 2. The van der Waals surface area contributed by atoms with Gasteiger partial charge in [-0.2, -0.15) is 70.2 Å². The summed E-state index contributed by atoms with van der Waals surface area (Å²) in [6.45, 7) is -3.03. The third-order valence-electron chi connectivity index (χ3n) is 5.86. The van der Waals surface area contributed by atoms with Gasteiger partial charge < -0.3 is 29.0 Å². The quantitative estimate of drug-likeness (QED) is 0.0190. The molecule has 1 amide bonds. The van der Waals surface area contributed by atoms with Gasteiger partial charge >= 0.3 is 64.4 Å². The minimum atomic E-state index is -6.94. The van der Waals surface area contributed by atoms with E-state index in [-0.39, 0.29) is 13.2 Å². The van der Waals surface area contributed by atoms with Crippen molar-refractivity contribution in [2.75, 3.05) is 64.5 Å². The van der Waals surface area contributed by atoms with E-state index < -0.39 is 152 Å². The molecule has 346 valence electrons. The lowest BCUT2D eigenvalue weighted by atomic mass is 10.1. The molecule has 0 aliphatic rings. The van der Waals surface area contributed by atoms with E-state index >= 15 is 0 Å². The molecule has 0 bridgehead atoms. The molecule has 0 aliphatic heterocycles. The number of amides is 1. The van der Waals surface area contributed by atoms with Gasteiger partial charge in [-0.25, -0.2) is 23.2 Å². The molecule has 0 aliphatic carbocycles. The molecule has 0 fully saturated rings. The summed E-state index contributed by atoms with van der Waals surface area (Å²) in [4.78, 5) is 32.9. The summed E-state index contributed by atoms with van der Waals surface area (Å²) in [5, 5.41) is -7.15. The number of nitrogens with one attached hydrogen (secondary N) is 2. The standard InChI is InChI=1S/C27H30F18N2O10S2/c1-3-15(48)53-7-5-46-13-52-14-51-11-20(30,31)24(38,39)26(42,43)56-17(28)22(34,35)58-9-10-59-23(36,37)18(29)57-27(44,45)25(40,41)21(32,33)12-55-19(50)47-6-8-54-16(49)4-2/h3-4,17-18,46H,1-2,5-14H2,(H,47,50). The molecule has 0 rings (SSSR count). The second kappa shape index (κ2) is 23.2. The average Bonchev–Trinajstić information content (AvgIpc) is 3.12. The van der Waals surface area contributed by atoms with Crippen LogP contribution in [0.4, 0.5) is 83.8 Å². The summed E-state index contributed by atoms with van der Waals surface area (Å²) in [6.07, 6.45) is -24.1. The number of rotatable bonds is 31. The highest BCUT2D eigenvalue weighted by Gasteiger charge is 2.76. The topological polar surface area (TPSA) is 140 Å². The number of alkyl halides is 18. The van der Waals surface area contributed by atoms with Crippen molar-refractivity contribution in [2.45, 2.75) is 59.1 Å². The Labute approximate surface area is 327 Å². The van der Waals surface area contributed by atoms with Crippen molar-refractivity contribution in [3.05, 3.63) is 25.3 Å². The van der Waals surface area contributed by atoms with Crippen LogP contribution in [-0.4, -0.2) is 142 Å². The van der Waals surface area contributed by atoms with E-state index in [0.29, 0.717) is 6.08 Å². The van der Waals surface area contributed by atoms with E-state index in [1.54, 1.807) is 0 Å². The zero-order chi connectivity index (χ0) is 46.2. The molecule has 32 heteroatoms. The van der Waals surface area contributed by atoms with E-state index in [1.807, 2.05) is 0 Å². The van der Waals surface area contributed by atoms with E-state index in [2.05, 4.69) is 51.6 Å². The van der Waals surface area contributed by atoms with Gasteiger partial charge in [0, 0.05) is 30.2 Å². The lowest BCUT2D eigenvalue weighted by Gasteiger charge is -2.34. The molecule has 0 aromatic heterocycles. The van der Waals surface area contributed by atoms with E-state index in [0.717, 1.165) is 6.08 Å². The van der Waals surface area contributed by atoms with Crippen LogP contribution < -0.4 is 10.6 Å². The van der Waals surface area contributed by atoms with Crippen LogP contribution in [0.3, 0.4) is 0 Å². The number of carbonyl (C=O) groups excluding carboxylic acids is 3.